The topological polar surface area (TPSA) is 160 Å². The second-order valence-corrected chi connectivity index (χ2v) is 14.3. The van der Waals surface area contributed by atoms with Gasteiger partial charge in [0.05, 0.1) is 44.7 Å². The molecule has 3 aliphatic rings. The molecule has 0 saturated heterocycles. The van der Waals surface area contributed by atoms with Gasteiger partial charge >= 0.3 is 6.09 Å². The molecule has 0 aromatic heterocycles. The fraction of sp³-hybridized carbons (Fsp3) is 0.535. The monoisotopic (exact) mass is 762 g/mol. The fourth-order valence-electron chi connectivity index (χ4n) is 8.43. The van der Waals surface area contributed by atoms with Gasteiger partial charge in [-0.15, -0.1) is 13.2 Å². The van der Waals surface area contributed by atoms with Gasteiger partial charge in [0.15, 0.2) is 0 Å². The lowest BCUT2D eigenvalue weighted by molar-refractivity contribution is -0.256. The number of nitrogens with zero attached hydrogens (tertiary/aromatic N) is 2. The molecule has 2 aromatic carbocycles. The molecule has 0 spiro atoms. The van der Waals surface area contributed by atoms with E-state index >= 15 is 0 Å². The third-order valence-corrected chi connectivity index (χ3v) is 10.8. The van der Waals surface area contributed by atoms with Crippen molar-refractivity contribution in [1.82, 2.24) is 4.90 Å². The Labute approximate surface area is 324 Å². The van der Waals surface area contributed by atoms with Crippen LogP contribution >= 0.6 is 0 Å². The first-order valence-electron chi connectivity index (χ1n) is 19.6. The normalized spacial score (nSPS) is 24.5. The lowest BCUT2D eigenvalue weighted by atomic mass is 9.55. The quantitative estimate of drug-likeness (QED) is 0.0579. The van der Waals surface area contributed by atoms with E-state index in [1.54, 1.807) is 35.3 Å². The van der Waals surface area contributed by atoms with Gasteiger partial charge in [-0.25, -0.2) is 4.79 Å². The molecule has 1 heterocycles. The standard InChI is InChI=1S/C43H58N2O10/c1-3-5-24-52-42(50)45(19-25-51-26-22-48)39-29-37(44-54-30-31-13-7-6-8-14-31)35-27-32(15-9-11-20-46)34(16-10-12-21-47)40-36-28-33(49)17-18-38(36)55-43(39,41(35)40)53-23-4-2/h3-4,6-8,13-14,17-18,27-28,32,34,39-41,46-49H,1-2,5,9-12,15-16,19-26,29-30H2. The molecule has 1 fully saturated rings. The molecule has 4 N–H and O–H groups in total. The number of carbonyl (C=O) groups is 1. The van der Waals surface area contributed by atoms with E-state index in [1.807, 2.05) is 30.3 Å². The Hall–Kier alpha value is -4.20. The number of aromatic hydroxyl groups is 1. The molecule has 6 atom stereocenters. The van der Waals surface area contributed by atoms with Crippen molar-refractivity contribution in [2.45, 2.75) is 75.7 Å². The highest BCUT2D eigenvalue weighted by Crippen LogP contribution is 2.61. The average molecular weight is 763 g/mol. The number of phenols is 1. The smallest absolute Gasteiger partial charge is 0.410 e. The second kappa shape index (κ2) is 21.2. The van der Waals surface area contributed by atoms with Gasteiger partial charge in [-0.1, -0.05) is 66.6 Å². The summed E-state index contributed by atoms with van der Waals surface area (Å²) in [5, 5.41) is 44.8. The van der Waals surface area contributed by atoms with Gasteiger partial charge in [0.1, 0.15) is 24.1 Å². The van der Waals surface area contributed by atoms with E-state index in [-0.39, 0.29) is 89.3 Å². The van der Waals surface area contributed by atoms with Gasteiger partial charge in [0.25, 0.3) is 0 Å². The minimum atomic E-state index is -1.48. The number of amides is 1. The summed E-state index contributed by atoms with van der Waals surface area (Å²) in [5.41, 5.74) is 3.30. The number of phenolic OH excluding ortho intramolecular Hbond substituents is 1. The van der Waals surface area contributed by atoms with Gasteiger partial charge < -0.3 is 44.2 Å². The predicted octanol–water partition coefficient (Wildman–Crippen LogP) is 6.25. The number of ether oxygens (including phenoxy) is 4. The number of allylic oxidation sites excluding steroid dienone is 1. The van der Waals surface area contributed by atoms with Crippen LogP contribution in [-0.4, -0.2) is 102 Å². The number of aliphatic hydroxyl groups is 3. The molecule has 55 heavy (non-hydrogen) atoms. The summed E-state index contributed by atoms with van der Waals surface area (Å²) in [6, 6.07) is 14.1. The van der Waals surface area contributed by atoms with Crippen LogP contribution in [0.4, 0.5) is 4.79 Å². The zero-order valence-electron chi connectivity index (χ0n) is 31.8. The van der Waals surface area contributed by atoms with E-state index in [9.17, 15) is 25.2 Å². The van der Waals surface area contributed by atoms with Crippen molar-refractivity contribution in [3.05, 3.63) is 96.6 Å². The lowest BCUT2D eigenvalue weighted by Gasteiger charge is -2.59. The summed E-state index contributed by atoms with van der Waals surface area (Å²) in [4.78, 5) is 21.9. The zero-order chi connectivity index (χ0) is 39.0. The van der Waals surface area contributed by atoms with Gasteiger partial charge in [0, 0.05) is 37.7 Å². The van der Waals surface area contributed by atoms with Gasteiger partial charge in [-0.2, -0.15) is 0 Å². The Morgan fingerprint density at radius 2 is 1.75 bits per heavy atom. The number of benzene rings is 2. The van der Waals surface area contributed by atoms with E-state index in [0.29, 0.717) is 30.7 Å². The minimum Gasteiger partial charge on any atom is -0.508 e. The number of fused-ring (bicyclic) bond motifs is 2. The predicted molar refractivity (Wildman–Crippen MR) is 209 cm³/mol. The SMILES string of the molecule is C=CCCOC(=O)N(CCOCCO)C1CC(=NOCc2ccccc2)C2=CC(CCCCO)C(CCCCO)C3c4cc(O)ccc4OC1(OCC=C)C23. The molecule has 5 rings (SSSR count). The third-order valence-electron chi connectivity index (χ3n) is 10.8. The van der Waals surface area contributed by atoms with Crippen LogP contribution in [0.15, 0.2) is 90.6 Å². The van der Waals surface area contributed by atoms with Crippen LogP contribution in [0, 0.1) is 17.8 Å². The Bertz CT molecular complexity index is 1600. The number of aliphatic hydroxyl groups excluding tert-OH is 3. The molecule has 12 heteroatoms. The maximum absolute atomic E-state index is 14.2. The minimum absolute atomic E-state index is 0.0151. The zero-order valence-corrected chi connectivity index (χ0v) is 31.8. The van der Waals surface area contributed by atoms with E-state index in [4.69, 9.17) is 28.9 Å². The first kappa shape index (κ1) is 42.0. The summed E-state index contributed by atoms with van der Waals surface area (Å²) < 4.78 is 25.5. The van der Waals surface area contributed by atoms with Crippen molar-refractivity contribution in [3.8, 4) is 11.5 Å². The molecular formula is C43H58N2O10. The van der Waals surface area contributed by atoms with Crippen molar-refractivity contribution in [1.29, 1.82) is 0 Å². The molecule has 1 saturated carbocycles. The van der Waals surface area contributed by atoms with Crippen molar-refractivity contribution in [2.24, 2.45) is 22.9 Å². The number of oxime groups is 1. The Kier molecular flexibility index (Phi) is 16.2. The van der Waals surface area contributed by atoms with Crippen LogP contribution < -0.4 is 4.74 Å². The molecule has 1 amide bonds. The summed E-state index contributed by atoms with van der Waals surface area (Å²) in [6.07, 6.45) is 10.1. The van der Waals surface area contributed by atoms with Gasteiger partial charge in [0.2, 0.25) is 5.79 Å². The number of hydrogen-bond donors (Lipinski definition) is 4. The number of carbonyl (C=O) groups excluding carboxylic acids is 1. The lowest BCUT2D eigenvalue weighted by Crippen LogP contribution is -2.70. The van der Waals surface area contributed by atoms with Gasteiger partial charge in [-0.05, 0) is 73.3 Å². The first-order chi connectivity index (χ1) is 26.9. The third kappa shape index (κ3) is 10.2. The number of unbranched alkanes of at least 4 members (excludes halogenated alkanes) is 2. The van der Waals surface area contributed by atoms with Crippen LogP contribution in [0.5, 0.6) is 11.5 Å². The highest BCUT2D eigenvalue weighted by molar-refractivity contribution is 6.03. The maximum atomic E-state index is 14.2. The molecule has 2 aliphatic carbocycles. The Balaban J connectivity index is 1.73. The molecular weight excluding hydrogens is 704 g/mol. The van der Waals surface area contributed by atoms with Gasteiger partial charge in [-0.3, -0.25) is 4.90 Å². The van der Waals surface area contributed by atoms with Crippen molar-refractivity contribution < 1.29 is 49.0 Å². The summed E-state index contributed by atoms with van der Waals surface area (Å²) >= 11 is 0. The summed E-state index contributed by atoms with van der Waals surface area (Å²) in [5.74, 6) is -1.58. The number of hydrogen-bond acceptors (Lipinski definition) is 11. The second-order valence-electron chi connectivity index (χ2n) is 14.3. The molecule has 2 aromatic rings. The van der Waals surface area contributed by atoms with Crippen LogP contribution in [0.25, 0.3) is 0 Å². The van der Waals surface area contributed by atoms with E-state index < -0.39 is 23.8 Å². The van der Waals surface area contributed by atoms with Crippen molar-refractivity contribution in [2.75, 3.05) is 52.8 Å². The average Bonchev–Trinajstić information content (AvgIpc) is 3.19. The van der Waals surface area contributed by atoms with Crippen LogP contribution in [0.3, 0.4) is 0 Å². The molecule has 0 radical (unpaired) electrons. The first-order valence-corrected chi connectivity index (χ1v) is 19.6. The Morgan fingerprint density at radius 3 is 2.47 bits per heavy atom. The largest absolute Gasteiger partial charge is 0.508 e. The number of rotatable bonds is 23. The molecule has 12 nitrogen and oxygen atoms in total. The highest BCUT2D eigenvalue weighted by atomic mass is 16.7. The van der Waals surface area contributed by atoms with E-state index in [1.165, 1.54) is 0 Å². The molecule has 1 aliphatic heterocycles. The van der Waals surface area contributed by atoms with Crippen molar-refractivity contribution >= 4 is 11.8 Å². The van der Waals surface area contributed by atoms with E-state index in [0.717, 1.165) is 42.4 Å². The van der Waals surface area contributed by atoms with Crippen LogP contribution in [0.1, 0.15) is 68.4 Å². The summed E-state index contributed by atoms with van der Waals surface area (Å²) in [6.45, 7) is 8.48. The molecule has 0 bridgehead atoms. The summed E-state index contributed by atoms with van der Waals surface area (Å²) in [7, 11) is 0. The van der Waals surface area contributed by atoms with Crippen molar-refractivity contribution in [3.63, 3.8) is 0 Å². The maximum Gasteiger partial charge on any atom is 0.410 e. The molecule has 300 valence electrons. The highest BCUT2D eigenvalue weighted by Gasteiger charge is 2.65. The fourth-order valence-corrected chi connectivity index (χ4v) is 8.43. The van der Waals surface area contributed by atoms with Crippen LogP contribution in [0.2, 0.25) is 0 Å². The molecule has 6 unspecified atom stereocenters. The van der Waals surface area contributed by atoms with Crippen LogP contribution in [-0.2, 0) is 25.7 Å². The Morgan fingerprint density at radius 1 is 0.964 bits per heavy atom. The van der Waals surface area contributed by atoms with E-state index in [2.05, 4.69) is 19.2 Å².